The SMILES string of the molecule is Cc1ccc(C(C=O)=C(F)B2OC(C)(C)C(C)(C)O2)c(C)c1. The summed E-state index contributed by atoms with van der Waals surface area (Å²) in [6.45, 7) is 11.2. The van der Waals surface area contributed by atoms with Gasteiger partial charge in [-0.05, 0) is 52.7 Å². The topological polar surface area (TPSA) is 35.5 Å². The van der Waals surface area contributed by atoms with E-state index in [4.69, 9.17) is 9.31 Å². The van der Waals surface area contributed by atoms with Gasteiger partial charge in [-0.2, -0.15) is 0 Å². The number of hydrogen-bond donors (Lipinski definition) is 0. The van der Waals surface area contributed by atoms with E-state index in [1.165, 1.54) is 0 Å². The number of aldehydes is 1. The van der Waals surface area contributed by atoms with Crippen molar-refractivity contribution in [3.8, 4) is 0 Å². The molecule has 1 aromatic carbocycles. The van der Waals surface area contributed by atoms with Gasteiger partial charge in [0.15, 0.2) is 6.29 Å². The van der Waals surface area contributed by atoms with Crippen LogP contribution in [-0.4, -0.2) is 24.6 Å². The van der Waals surface area contributed by atoms with Crippen molar-refractivity contribution < 1.29 is 18.5 Å². The minimum absolute atomic E-state index is 0.0176. The van der Waals surface area contributed by atoms with Crippen molar-refractivity contribution in [1.29, 1.82) is 0 Å². The molecule has 1 aliphatic rings. The van der Waals surface area contributed by atoms with Gasteiger partial charge in [-0.25, -0.2) is 4.39 Å². The van der Waals surface area contributed by atoms with Gasteiger partial charge in [-0.1, -0.05) is 23.8 Å². The second-order valence-corrected chi connectivity index (χ2v) is 6.79. The second kappa shape index (κ2) is 5.63. The summed E-state index contributed by atoms with van der Waals surface area (Å²) in [7, 11) is -1.16. The predicted octanol–water partition coefficient (Wildman–Crippen LogP) is 3.81. The van der Waals surface area contributed by atoms with Crippen molar-refractivity contribution in [1.82, 2.24) is 0 Å². The average molecular weight is 304 g/mol. The molecule has 22 heavy (non-hydrogen) atoms. The van der Waals surface area contributed by atoms with Gasteiger partial charge in [0, 0.05) is 5.57 Å². The summed E-state index contributed by atoms with van der Waals surface area (Å²) in [6, 6.07) is 5.51. The van der Waals surface area contributed by atoms with Gasteiger partial charge in [0.25, 0.3) is 0 Å². The van der Waals surface area contributed by atoms with Crippen LogP contribution < -0.4 is 0 Å². The minimum Gasteiger partial charge on any atom is -0.398 e. The van der Waals surface area contributed by atoms with E-state index in [1.54, 1.807) is 6.07 Å². The summed E-state index contributed by atoms with van der Waals surface area (Å²) >= 11 is 0. The van der Waals surface area contributed by atoms with Gasteiger partial charge in [-0.15, -0.1) is 0 Å². The Balaban J connectivity index is 2.45. The quantitative estimate of drug-likeness (QED) is 0.484. The molecule has 0 spiro atoms. The maximum absolute atomic E-state index is 14.8. The molecule has 0 bridgehead atoms. The summed E-state index contributed by atoms with van der Waals surface area (Å²) in [6.07, 6.45) is 0.526. The molecule has 118 valence electrons. The van der Waals surface area contributed by atoms with Crippen molar-refractivity contribution in [2.75, 3.05) is 0 Å². The largest absolute Gasteiger partial charge is 0.525 e. The molecule has 1 aliphatic heterocycles. The molecule has 0 radical (unpaired) electrons. The summed E-state index contributed by atoms with van der Waals surface area (Å²) in [4.78, 5) is 11.5. The summed E-state index contributed by atoms with van der Waals surface area (Å²) in [5, 5.41) is 0. The zero-order valence-corrected chi connectivity index (χ0v) is 14.0. The molecule has 1 heterocycles. The predicted molar refractivity (Wildman–Crippen MR) is 86.1 cm³/mol. The Morgan fingerprint density at radius 2 is 1.68 bits per heavy atom. The lowest BCUT2D eigenvalue weighted by Crippen LogP contribution is -2.41. The van der Waals surface area contributed by atoms with Crippen LogP contribution in [0.2, 0.25) is 0 Å². The number of hydrogen-bond acceptors (Lipinski definition) is 3. The first-order valence-corrected chi connectivity index (χ1v) is 7.37. The number of benzene rings is 1. The van der Waals surface area contributed by atoms with E-state index in [1.807, 2.05) is 53.7 Å². The van der Waals surface area contributed by atoms with Crippen LogP contribution in [0.5, 0.6) is 0 Å². The molecule has 2 rings (SSSR count). The number of carbonyl (C=O) groups is 1. The number of rotatable bonds is 3. The maximum Gasteiger partial charge on any atom is 0.525 e. The van der Waals surface area contributed by atoms with Crippen LogP contribution in [0.3, 0.4) is 0 Å². The Morgan fingerprint density at radius 1 is 1.14 bits per heavy atom. The molecule has 1 aromatic rings. The lowest BCUT2D eigenvalue weighted by Gasteiger charge is -2.32. The third-order valence-electron chi connectivity index (χ3n) is 4.51. The van der Waals surface area contributed by atoms with Crippen molar-refractivity contribution in [2.24, 2.45) is 0 Å². The van der Waals surface area contributed by atoms with Crippen LogP contribution in [0.15, 0.2) is 23.9 Å². The zero-order chi connectivity index (χ0) is 16.7. The first-order valence-electron chi connectivity index (χ1n) is 7.37. The molecule has 1 saturated heterocycles. The number of aryl methyl sites for hydroxylation is 2. The first kappa shape index (κ1) is 16.9. The monoisotopic (exact) mass is 304 g/mol. The molecular formula is C17H22BFO3. The van der Waals surface area contributed by atoms with Crippen LogP contribution in [0.4, 0.5) is 4.39 Å². The highest BCUT2D eigenvalue weighted by molar-refractivity contribution is 6.56. The molecule has 1 fully saturated rings. The molecule has 0 atom stereocenters. The van der Waals surface area contributed by atoms with Gasteiger partial charge in [0.1, 0.15) is 5.73 Å². The fraction of sp³-hybridized carbons (Fsp3) is 0.471. The molecule has 0 aromatic heterocycles. The van der Waals surface area contributed by atoms with Crippen LogP contribution in [0.1, 0.15) is 44.4 Å². The molecular weight excluding hydrogens is 282 g/mol. The molecule has 0 N–H and O–H groups in total. The number of allylic oxidation sites excluding steroid dienone is 1. The average Bonchev–Trinajstić information content (AvgIpc) is 2.61. The minimum atomic E-state index is -1.16. The Kier molecular flexibility index (Phi) is 4.33. The standard InChI is InChI=1S/C17H22BFO3/c1-11-7-8-13(12(2)9-11)14(10-20)15(19)18-21-16(3,4)17(5,6)22-18/h7-10H,1-6H3. The van der Waals surface area contributed by atoms with Crippen molar-refractivity contribution >= 4 is 19.0 Å². The van der Waals surface area contributed by atoms with Crippen LogP contribution in [-0.2, 0) is 14.1 Å². The highest BCUT2D eigenvalue weighted by Crippen LogP contribution is 2.40. The number of halogens is 1. The molecule has 5 heteroatoms. The third-order valence-corrected chi connectivity index (χ3v) is 4.51. The third kappa shape index (κ3) is 2.88. The van der Waals surface area contributed by atoms with Crippen molar-refractivity contribution in [3.05, 3.63) is 40.6 Å². The van der Waals surface area contributed by atoms with E-state index in [9.17, 15) is 9.18 Å². The molecule has 0 amide bonds. The fourth-order valence-electron chi connectivity index (χ4n) is 2.44. The highest BCUT2D eigenvalue weighted by Gasteiger charge is 2.53. The zero-order valence-electron chi connectivity index (χ0n) is 14.0. The summed E-state index contributed by atoms with van der Waals surface area (Å²) in [5.41, 5.74) is 0.470. The lowest BCUT2D eigenvalue weighted by molar-refractivity contribution is -0.103. The first-order chi connectivity index (χ1) is 10.1. The maximum atomic E-state index is 14.8. The van der Waals surface area contributed by atoms with Crippen LogP contribution in [0.25, 0.3) is 5.57 Å². The summed E-state index contributed by atoms with van der Waals surface area (Å²) in [5.74, 6) is 0. The Labute approximate surface area is 131 Å². The van der Waals surface area contributed by atoms with E-state index < -0.39 is 24.0 Å². The number of carbonyl (C=O) groups excluding carboxylic acids is 1. The normalized spacial score (nSPS) is 20.8. The molecule has 0 aliphatic carbocycles. The molecule has 3 nitrogen and oxygen atoms in total. The highest BCUT2D eigenvalue weighted by atomic mass is 19.1. The fourth-order valence-corrected chi connectivity index (χ4v) is 2.44. The van der Waals surface area contributed by atoms with E-state index >= 15 is 0 Å². The Hall–Kier alpha value is -1.46. The molecule has 0 unspecified atom stereocenters. The van der Waals surface area contributed by atoms with E-state index in [-0.39, 0.29) is 5.57 Å². The van der Waals surface area contributed by atoms with Gasteiger partial charge in [0.05, 0.1) is 11.2 Å². The Bertz CT molecular complexity index is 619. The van der Waals surface area contributed by atoms with Gasteiger partial charge >= 0.3 is 7.12 Å². The van der Waals surface area contributed by atoms with Gasteiger partial charge in [-0.3, -0.25) is 4.79 Å². The van der Waals surface area contributed by atoms with Crippen LogP contribution >= 0.6 is 0 Å². The molecule has 0 saturated carbocycles. The van der Waals surface area contributed by atoms with Crippen molar-refractivity contribution in [2.45, 2.75) is 52.7 Å². The second-order valence-electron chi connectivity index (χ2n) is 6.79. The van der Waals surface area contributed by atoms with Crippen molar-refractivity contribution in [3.63, 3.8) is 0 Å². The van der Waals surface area contributed by atoms with Gasteiger partial charge in [0.2, 0.25) is 0 Å². The van der Waals surface area contributed by atoms with Gasteiger partial charge < -0.3 is 9.31 Å². The smallest absolute Gasteiger partial charge is 0.398 e. The lowest BCUT2D eigenvalue weighted by atomic mass is 9.82. The summed E-state index contributed by atoms with van der Waals surface area (Å²) < 4.78 is 26.2. The van der Waals surface area contributed by atoms with E-state index in [2.05, 4.69) is 0 Å². The van der Waals surface area contributed by atoms with E-state index in [0.29, 0.717) is 11.8 Å². The van der Waals surface area contributed by atoms with E-state index in [0.717, 1.165) is 11.1 Å². The Morgan fingerprint density at radius 3 is 2.14 bits per heavy atom. The van der Waals surface area contributed by atoms with Crippen LogP contribution in [0, 0.1) is 13.8 Å².